The van der Waals surface area contributed by atoms with Crippen LogP contribution in [0.4, 0.5) is 17.1 Å². The minimum atomic E-state index is -0.00246. The number of carbonyl (C=O) groups is 1. The Morgan fingerprint density at radius 2 is 2.00 bits per heavy atom. The van der Waals surface area contributed by atoms with Crippen molar-refractivity contribution < 1.29 is 4.79 Å². The van der Waals surface area contributed by atoms with Gasteiger partial charge in [-0.2, -0.15) is 0 Å². The van der Waals surface area contributed by atoms with Crippen molar-refractivity contribution in [3.63, 3.8) is 0 Å². The van der Waals surface area contributed by atoms with Crippen molar-refractivity contribution in [2.24, 2.45) is 0 Å². The summed E-state index contributed by atoms with van der Waals surface area (Å²) < 4.78 is 0. The molecule has 23 heavy (non-hydrogen) atoms. The number of carbonyl (C=O) groups excluding carboxylic acids is 1. The largest absolute Gasteiger partial charge is 0.371 e. The van der Waals surface area contributed by atoms with E-state index in [1.807, 2.05) is 48.3 Å². The average molecular weight is 309 g/mol. The first kappa shape index (κ1) is 15.4. The summed E-state index contributed by atoms with van der Waals surface area (Å²) in [5, 5.41) is 3.01. The Bertz CT molecular complexity index is 684. The second-order valence-electron chi connectivity index (χ2n) is 5.91. The molecule has 1 N–H and O–H groups in total. The van der Waals surface area contributed by atoms with E-state index in [-0.39, 0.29) is 5.91 Å². The third kappa shape index (κ3) is 3.47. The third-order valence-electron chi connectivity index (χ3n) is 4.32. The van der Waals surface area contributed by atoms with Crippen molar-refractivity contribution in [1.29, 1.82) is 0 Å². The number of hydrogen-bond acceptors (Lipinski definition) is 3. The predicted molar refractivity (Wildman–Crippen MR) is 96.4 cm³/mol. The molecule has 3 rings (SSSR count). The van der Waals surface area contributed by atoms with Crippen LogP contribution in [0.1, 0.15) is 12.5 Å². The number of hydrogen-bond donors (Lipinski definition) is 1. The lowest BCUT2D eigenvalue weighted by atomic mass is 10.1. The van der Waals surface area contributed by atoms with Crippen molar-refractivity contribution >= 4 is 23.0 Å². The minimum Gasteiger partial charge on any atom is -0.371 e. The molecule has 0 fully saturated rings. The second-order valence-corrected chi connectivity index (χ2v) is 5.91. The number of nitrogens with zero attached hydrogens (tertiary/aromatic N) is 2. The van der Waals surface area contributed by atoms with Gasteiger partial charge in [-0.1, -0.05) is 24.3 Å². The van der Waals surface area contributed by atoms with Crippen molar-refractivity contribution in [2.45, 2.75) is 13.3 Å². The number of likely N-dealkylation sites (N-methyl/N-ethyl adjacent to an activating group) is 2. The predicted octanol–water partition coefficient (Wildman–Crippen LogP) is 3.14. The van der Waals surface area contributed by atoms with Gasteiger partial charge in [0.2, 0.25) is 5.91 Å². The van der Waals surface area contributed by atoms with Gasteiger partial charge in [-0.05, 0) is 43.2 Å². The van der Waals surface area contributed by atoms with E-state index in [0.29, 0.717) is 6.54 Å². The highest BCUT2D eigenvalue weighted by Gasteiger charge is 2.18. The van der Waals surface area contributed by atoms with Crippen LogP contribution in [0.3, 0.4) is 0 Å². The zero-order valence-corrected chi connectivity index (χ0v) is 13.7. The van der Waals surface area contributed by atoms with Gasteiger partial charge in [0.1, 0.15) is 0 Å². The molecule has 0 aromatic heterocycles. The molecule has 0 unspecified atom stereocenters. The van der Waals surface area contributed by atoms with Crippen molar-refractivity contribution in [1.82, 2.24) is 0 Å². The van der Waals surface area contributed by atoms with E-state index in [1.54, 1.807) is 0 Å². The summed E-state index contributed by atoms with van der Waals surface area (Å²) in [7, 11) is 1.93. The lowest BCUT2D eigenvalue weighted by Gasteiger charge is -2.20. The Hall–Kier alpha value is -2.49. The van der Waals surface area contributed by atoms with Crippen molar-refractivity contribution in [3.8, 4) is 0 Å². The van der Waals surface area contributed by atoms with Crippen molar-refractivity contribution in [3.05, 3.63) is 54.1 Å². The lowest BCUT2D eigenvalue weighted by molar-refractivity contribution is -0.114. The summed E-state index contributed by atoms with van der Waals surface area (Å²) in [5.74, 6) is -0.00246. The van der Waals surface area contributed by atoms with E-state index in [0.717, 1.165) is 30.9 Å². The first-order valence-corrected chi connectivity index (χ1v) is 8.11. The van der Waals surface area contributed by atoms with Gasteiger partial charge in [-0.15, -0.1) is 0 Å². The van der Waals surface area contributed by atoms with E-state index in [9.17, 15) is 4.79 Å². The maximum atomic E-state index is 12.3. The molecule has 120 valence electrons. The van der Waals surface area contributed by atoms with Crippen LogP contribution < -0.4 is 15.1 Å². The fraction of sp³-hybridized carbons (Fsp3) is 0.316. The van der Waals surface area contributed by atoms with Crippen molar-refractivity contribution in [2.75, 3.05) is 41.8 Å². The number of benzene rings is 2. The summed E-state index contributed by atoms with van der Waals surface area (Å²) in [5.41, 5.74) is 4.53. The summed E-state index contributed by atoms with van der Waals surface area (Å²) in [6.45, 7) is 4.56. The van der Waals surface area contributed by atoms with Crippen LogP contribution in [0.5, 0.6) is 0 Å². The third-order valence-corrected chi connectivity index (χ3v) is 4.32. The molecule has 0 saturated carbocycles. The first-order valence-electron chi connectivity index (χ1n) is 8.11. The average Bonchev–Trinajstić information content (AvgIpc) is 2.97. The van der Waals surface area contributed by atoms with Gasteiger partial charge in [0.25, 0.3) is 0 Å². The highest BCUT2D eigenvalue weighted by Crippen LogP contribution is 2.30. The summed E-state index contributed by atoms with van der Waals surface area (Å²) in [6.07, 6.45) is 1.09. The molecule has 0 atom stereocenters. The Kier molecular flexibility index (Phi) is 4.51. The summed E-state index contributed by atoms with van der Waals surface area (Å²) in [4.78, 5) is 16.6. The molecule has 4 nitrogen and oxygen atoms in total. The van der Waals surface area contributed by atoms with Crippen LogP contribution in [-0.2, 0) is 11.2 Å². The monoisotopic (exact) mass is 309 g/mol. The van der Waals surface area contributed by atoms with Gasteiger partial charge in [0.15, 0.2) is 0 Å². The highest BCUT2D eigenvalue weighted by molar-refractivity contribution is 5.94. The molecule has 1 aliphatic heterocycles. The van der Waals surface area contributed by atoms with Gasteiger partial charge < -0.3 is 15.1 Å². The summed E-state index contributed by atoms with van der Waals surface area (Å²) >= 11 is 0. The smallest absolute Gasteiger partial charge is 0.243 e. The molecule has 1 aliphatic rings. The molecule has 0 aliphatic carbocycles. The van der Waals surface area contributed by atoms with Gasteiger partial charge in [-0.3, -0.25) is 4.79 Å². The van der Waals surface area contributed by atoms with Crippen LogP contribution in [0.25, 0.3) is 0 Å². The van der Waals surface area contributed by atoms with E-state index < -0.39 is 0 Å². The molecular weight excluding hydrogens is 286 g/mol. The van der Waals surface area contributed by atoms with E-state index in [1.165, 1.54) is 11.3 Å². The molecule has 2 aromatic rings. The van der Waals surface area contributed by atoms with Gasteiger partial charge in [0, 0.05) is 37.2 Å². The zero-order valence-electron chi connectivity index (χ0n) is 13.7. The van der Waals surface area contributed by atoms with E-state index >= 15 is 0 Å². The van der Waals surface area contributed by atoms with E-state index in [2.05, 4.69) is 29.3 Å². The number of fused-ring (bicyclic) bond motifs is 1. The fourth-order valence-electron chi connectivity index (χ4n) is 3.04. The molecule has 1 heterocycles. The minimum absolute atomic E-state index is 0.00246. The maximum Gasteiger partial charge on any atom is 0.243 e. The van der Waals surface area contributed by atoms with Crippen LogP contribution >= 0.6 is 0 Å². The maximum absolute atomic E-state index is 12.3. The molecule has 0 spiro atoms. The van der Waals surface area contributed by atoms with Gasteiger partial charge in [-0.25, -0.2) is 0 Å². The van der Waals surface area contributed by atoms with Crippen LogP contribution in [0, 0.1) is 0 Å². The molecule has 0 radical (unpaired) electrons. The molecule has 4 heteroatoms. The van der Waals surface area contributed by atoms with Crippen LogP contribution in [0.2, 0.25) is 0 Å². The Morgan fingerprint density at radius 3 is 2.74 bits per heavy atom. The van der Waals surface area contributed by atoms with Crippen LogP contribution in [0.15, 0.2) is 48.5 Å². The van der Waals surface area contributed by atoms with E-state index in [4.69, 9.17) is 0 Å². The highest BCUT2D eigenvalue weighted by atomic mass is 16.2. The first-order chi connectivity index (χ1) is 11.2. The topological polar surface area (TPSA) is 35.6 Å². The number of para-hydroxylation sites is 1. The Morgan fingerprint density at radius 1 is 1.22 bits per heavy atom. The van der Waals surface area contributed by atoms with Gasteiger partial charge >= 0.3 is 0 Å². The van der Waals surface area contributed by atoms with Crippen LogP contribution in [-0.4, -0.2) is 32.6 Å². The fourth-order valence-corrected chi connectivity index (χ4v) is 3.04. The molecule has 0 bridgehead atoms. The Balaban J connectivity index is 1.64. The number of nitrogens with one attached hydrogen (secondary N) is 1. The number of rotatable bonds is 5. The lowest BCUT2D eigenvalue weighted by Crippen LogP contribution is -2.30. The SMILES string of the molecule is CCN1CCc2ccc(NC(=O)CN(C)c3ccccc3)cc21. The normalized spacial score (nSPS) is 12.9. The number of amides is 1. The quantitative estimate of drug-likeness (QED) is 0.921. The Labute approximate surface area is 137 Å². The molecule has 2 aromatic carbocycles. The molecular formula is C19H23N3O. The summed E-state index contributed by atoms with van der Waals surface area (Å²) in [6, 6.07) is 16.1. The molecule has 0 saturated heterocycles. The molecule has 1 amide bonds. The second kappa shape index (κ2) is 6.73. The standard InChI is InChI=1S/C19H23N3O/c1-3-22-12-11-15-9-10-16(13-18(15)22)20-19(23)14-21(2)17-7-5-4-6-8-17/h4-10,13H,3,11-12,14H2,1-2H3,(H,20,23). The zero-order chi connectivity index (χ0) is 16.2. The van der Waals surface area contributed by atoms with Gasteiger partial charge in [0.05, 0.1) is 6.54 Å². The number of anilines is 3.